The maximum atomic E-state index is 13.8. The van der Waals surface area contributed by atoms with Crippen LogP contribution < -0.4 is 5.73 Å². The van der Waals surface area contributed by atoms with E-state index < -0.39 is 40.3 Å². The number of rotatable bonds is 5. The van der Waals surface area contributed by atoms with Crippen LogP contribution in [0.15, 0.2) is 12.1 Å². The first kappa shape index (κ1) is 20.4. The van der Waals surface area contributed by atoms with Crippen LogP contribution in [0.2, 0.25) is 5.02 Å². The summed E-state index contributed by atoms with van der Waals surface area (Å²) in [5.74, 6) is -1.03. The molecule has 1 rings (SSSR count). The molecule has 0 aliphatic heterocycles. The molecule has 2 nitrogen and oxygen atoms in total. The number of unbranched alkanes of at least 4 members (excludes halogenated alkanes) is 1. The minimum Gasteiger partial charge on any atom is -0.391 e. The molecule has 0 bridgehead atoms. The normalized spacial score (nSPS) is 14.5. The van der Waals surface area contributed by atoms with E-state index in [4.69, 9.17) is 17.3 Å². The molecule has 0 amide bonds. The minimum atomic E-state index is -4.65. The third-order valence-electron chi connectivity index (χ3n) is 3.01. The average molecular weight is 350 g/mol. The fourth-order valence-corrected chi connectivity index (χ4v) is 2.04. The van der Waals surface area contributed by atoms with Gasteiger partial charge in [-0.05, 0) is 18.6 Å². The van der Waals surface area contributed by atoms with Crippen molar-refractivity contribution < 1.29 is 22.7 Å². The standard InChI is InChI=1S/C13H16ClF4NO.ClH/c1-2-3-4-10(20)12(19)8-5-7(13(16,17)18)6-9(14)11(8)15;/h5-6,10,12,20H,2-4,19H2,1H3;1H/t10-,12+;/m0./s1. The number of alkyl halides is 3. The SMILES string of the molecule is CCCC[C@H](O)[C@H](N)c1cc(C(F)(F)F)cc(Cl)c1F.Cl. The molecule has 122 valence electrons. The first-order chi connectivity index (χ1) is 9.18. The van der Waals surface area contributed by atoms with Crippen molar-refractivity contribution in [3.8, 4) is 0 Å². The quantitative estimate of drug-likeness (QED) is 0.770. The molecular weight excluding hydrogens is 333 g/mol. The van der Waals surface area contributed by atoms with Crippen LogP contribution in [0.1, 0.15) is 43.4 Å². The van der Waals surface area contributed by atoms with Crippen molar-refractivity contribution in [3.05, 3.63) is 34.1 Å². The molecule has 0 spiro atoms. The molecule has 0 aliphatic rings. The molecule has 1 aromatic carbocycles. The van der Waals surface area contributed by atoms with Crippen LogP contribution in [0.3, 0.4) is 0 Å². The average Bonchev–Trinajstić information content (AvgIpc) is 2.36. The Morgan fingerprint density at radius 3 is 2.38 bits per heavy atom. The van der Waals surface area contributed by atoms with Gasteiger partial charge < -0.3 is 10.8 Å². The lowest BCUT2D eigenvalue weighted by molar-refractivity contribution is -0.137. The minimum absolute atomic E-state index is 0. The van der Waals surface area contributed by atoms with E-state index >= 15 is 0 Å². The molecule has 0 radical (unpaired) electrons. The van der Waals surface area contributed by atoms with Crippen LogP contribution in [-0.2, 0) is 6.18 Å². The first-order valence-electron chi connectivity index (χ1n) is 6.18. The number of nitrogens with two attached hydrogens (primary N) is 1. The van der Waals surface area contributed by atoms with E-state index in [9.17, 15) is 22.7 Å². The van der Waals surface area contributed by atoms with E-state index in [0.717, 1.165) is 6.42 Å². The second-order valence-corrected chi connectivity index (χ2v) is 5.00. The van der Waals surface area contributed by atoms with E-state index in [-0.39, 0.29) is 18.8 Å². The zero-order valence-corrected chi connectivity index (χ0v) is 12.8. The molecule has 21 heavy (non-hydrogen) atoms. The zero-order chi connectivity index (χ0) is 15.5. The van der Waals surface area contributed by atoms with Gasteiger partial charge in [0.15, 0.2) is 0 Å². The molecule has 1 aromatic rings. The Labute approximate surface area is 131 Å². The Morgan fingerprint density at radius 1 is 1.33 bits per heavy atom. The van der Waals surface area contributed by atoms with Crippen LogP contribution in [0, 0.1) is 5.82 Å². The van der Waals surface area contributed by atoms with Crippen LogP contribution in [0.25, 0.3) is 0 Å². The highest BCUT2D eigenvalue weighted by Crippen LogP contribution is 2.35. The molecule has 0 saturated carbocycles. The van der Waals surface area contributed by atoms with E-state index in [1.165, 1.54) is 0 Å². The highest BCUT2D eigenvalue weighted by atomic mass is 35.5. The van der Waals surface area contributed by atoms with Crippen molar-refractivity contribution in [3.63, 3.8) is 0 Å². The highest BCUT2D eigenvalue weighted by molar-refractivity contribution is 6.30. The van der Waals surface area contributed by atoms with Crippen molar-refractivity contribution in [1.82, 2.24) is 0 Å². The Kier molecular flexibility index (Phi) is 7.95. The number of hydrogen-bond acceptors (Lipinski definition) is 2. The van der Waals surface area contributed by atoms with Gasteiger partial charge >= 0.3 is 6.18 Å². The summed E-state index contributed by atoms with van der Waals surface area (Å²) in [6.45, 7) is 1.89. The smallest absolute Gasteiger partial charge is 0.391 e. The lowest BCUT2D eigenvalue weighted by Gasteiger charge is -2.21. The third-order valence-corrected chi connectivity index (χ3v) is 3.29. The van der Waals surface area contributed by atoms with Crippen molar-refractivity contribution >= 4 is 24.0 Å². The summed E-state index contributed by atoms with van der Waals surface area (Å²) in [4.78, 5) is 0. The van der Waals surface area contributed by atoms with E-state index in [1.54, 1.807) is 0 Å². The fourth-order valence-electron chi connectivity index (χ4n) is 1.82. The fraction of sp³-hybridized carbons (Fsp3) is 0.538. The highest BCUT2D eigenvalue weighted by Gasteiger charge is 2.33. The Balaban J connectivity index is 0.00000400. The molecule has 0 heterocycles. The summed E-state index contributed by atoms with van der Waals surface area (Å²) in [6.07, 6.45) is -4.06. The van der Waals surface area contributed by atoms with Crippen LogP contribution in [0.4, 0.5) is 17.6 Å². The van der Waals surface area contributed by atoms with Crippen LogP contribution in [0.5, 0.6) is 0 Å². The van der Waals surface area contributed by atoms with Crippen LogP contribution >= 0.6 is 24.0 Å². The molecule has 2 atom stereocenters. The lowest BCUT2D eigenvalue weighted by atomic mass is 9.96. The zero-order valence-electron chi connectivity index (χ0n) is 11.3. The summed E-state index contributed by atoms with van der Waals surface area (Å²) < 4.78 is 51.8. The summed E-state index contributed by atoms with van der Waals surface area (Å²) in [6, 6.07) is -0.145. The predicted octanol–water partition coefficient (Wildman–Crippen LogP) is 4.47. The number of hydrogen-bond donors (Lipinski definition) is 2. The number of aliphatic hydroxyl groups excluding tert-OH is 1. The van der Waals surface area contributed by atoms with Gasteiger partial charge in [0.1, 0.15) is 5.82 Å². The summed E-state index contributed by atoms with van der Waals surface area (Å²) >= 11 is 5.47. The van der Waals surface area contributed by atoms with E-state index in [2.05, 4.69) is 0 Å². The third kappa shape index (κ3) is 5.29. The van der Waals surface area contributed by atoms with Gasteiger partial charge in [0.2, 0.25) is 0 Å². The maximum absolute atomic E-state index is 13.8. The van der Waals surface area contributed by atoms with Gasteiger partial charge in [-0.15, -0.1) is 12.4 Å². The van der Waals surface area contributed by atoms with Crippen molar-refractivity contribution in [1.29, 1.82) is 0 Å². The Morgan fingerprint density at radius 2 is 1.90 bits per heavy atom. The van der Waals surface area contributed by atoms with Crippen LogP contribution in [-0.4, -0.2) is 11.2 Å². The van der Waals surface area contributed by atoms with Gasteiger partial charge in [0, 0.05) is 5.56 Å². The van der Waals surface area contributed by atoms with Gasteiger partial charge in [0.25, 0.3) is 0 Å². The van der Waals surface area contributed by atoms with Gasteiger partial charge in [-0.1, -0.05) is 31.4 Å². The summed E-state index contributed by atoms with van der Waals surface area (Å²) in [5.41, 5.74) is 4.14. The van der Waals surface area contributed by atoms with E-state index in [0.29, 0.717) is 18.6 Å². The second kappa shape index (κ2) is 8.17. The van der Waals surface area contributed by atoms with E-state index in [1.807, 2.05) is 6.92 Å². The molecule has 8 heteroatoms. The van der Waals surface area contributed by atoms with Crippen molar-refractivity contribution in [2.24, 2.45) is 5.73 Å². The topological polar surface area (TPSA) is 46.2 Å². The predicted molar refractivity (Wildman–Crippen MR) is 76.1 cm³/mol. The molecule has 0 aromatic heterocycles. The largest absolute Gasteiger partial charge is 0.416 e. The second-order valence-electron chi connectivity index (χ2n) is 4.59. The number of aliphatic hydroxyl groups is 1. The van der Waals surface area contributed by atoms with Crippen molar-refractivity contribution in [2.45, 2.75) is 44.5 Å². The summed E-state index contributed by atoms with van der Waals surface area (Å²) in [5, 5.41) is 9.14. The van der Waals surface area contributed by atoms with Crippen molar-refractivity contribution in [2.75, 3.05) is 0 Å². The monoisotopic (exact) mass is 349 g/mol. The number of halogens is 6. The summed E-state index contributed by atoms with van der Waals surface area (Å²) in [7, 11) is 0. The maximum Gasteiger partial charge on any atom is 0.416 e. The molecule has 3 N–H and O–H groups in total. The number of benzene rings is 1. The van der Waals surface area contributed by atoms with Gasteiger partial charge in [0.05, 0.1) is 22.7 Å². The molecular formula is C13H17Cl2F4NO. The first-order valence-corrected chi connectivity index (χ1v) is 6.56. The van der Waals surface area contributed by atoms with Gasteiger partial charge in [-0.25, -0.2) is 4.39 Å². The van der Waals surface area contributed by atoms with Gasteiger partial charge in [-0.3, -0.25) is 0 Å². The molecule has 0 aliphatic carbocycles. The molecule has 0 unspecified atom stereocenters. The Hall–Kier alpha value is -0.560. The molecule has 0 fully saturated rings. The van der Waals surface area contributed by atoms with Gasteiger partial charge in [-0.2, -0.15) is 13.2 Å². The molecule has 0 saturated heterocycles. The Bertz CT molecular complexity index is 468. The lowest BCUT2D eigenvalue weighted by Crippen LogP contribution is -2.27.